The topological polar surface area (TPSA) is 73.3 Å². The van der Waals surface area contributed by atoms with Gasteiger partial charge in [-0.15, -0.1) is 11.3 Å². The van der Waals surface area contributed by atoms with E-state index in [1.54, 1.807) is 11.3 Å². The standard InChI is InChI=1S/C22H23N5OS/c1-14(15-5-3-2-4-6-15)25-22-24-12-16-7-8-18-17(20(16)26-22)11-19(29-18)21(28)27-10-9-23-13-27/h2-8,11-12,14,21,23,28H,9-10,13H2,1H3,(H,24,25,26)/t14-,21?/m1/s1. The van der Waals surface area contributed by atoms with Gasteiger partial charge in [0.25, 0.3) is 0 Å². The van der Waals surface area contributed by atoms with Gasteiger partial charge in [-0.25, -0.2) is 9.97 Å². The number of rotatable bonds is 5. The first-order valence-corrected chi connectivity index (χ1v) is 10.6. The summed E-state index contributed by atoms with van der Waals surface area (Å²) in [5.74, 6) is 0.610. The van der Waals surface area contributed by atoms with Crippen LogP contribution in [0.3, 0.4) is 0 Å². The van der Waals surface area contributed by atoms with Crippen molar-refractivity contribution in [1.29, 1.82) is 0 Å². The third kappa shape index (κ3) is 3.58. The fourth-order valence-corrected chi connectivity index (χ4v) is 4.84. The van der Waals surface area contributed by atoms with Gasteiger partial charge >= 0.3 is 0 Å². The zero-order chi connectivity index (χ0) is 19.8. The fraction of sp³-hybridized carbons (Fsp3) is 0.273. The SMILES string of the molecule is C[C@@H](Nc1ncc2ccc3sc(C(O)N4CCNC4)cc3c2n1)c1ccccc1. The van der Waals surface area contributed by atoms with Crippen LogP contribution in [0.2, 0.25) is 0 Å². The van der Waals surface area contributed by atoms with Crippen molar-refractivity contribution in [3.8, 4) is 0 Å². The molecule has 0 saturated carbocycles. The molecule has 0 amide bonds. The molecular weight excluding hydrogens is 382 g/mol. The Kier molecular flexibility index (Phi) is 4.89. The van der Waals surface area contributed by atoms with E-state index in [2.05, 4.69) is 46.8 Å². The van der Waals surface area contributed by atoms with Crippen molar-refractivity contribution in [1.82, 2.24) is 20.2 Å². The molecule has 4 aromatic rings. The zero-order valence-corrected chi connectivity index (χ0v) is 17.0. The van der Waals surface area contributed by atoms with E-state index in [4.69, 9.17) is 4.98 Å². The van der Waals surface area contributed by atoms with Crippen molar-refractivity contribution in [3.63, 3.8) is 0 Å². The molecule has 0 aliphatic carbocycles. The molecule has 29 heavy (non-hydrogen) atoms. The average molecular weight is 406 g/mol. The van der Waals surface area contributed by atoms with Gasteiger partial charge in [0.15, 0.2) is 0 Å². The minimum Gasteiger partial charge on any atom is -0.373 e. The molecule has 6 nitrogen and oxygen atoms in total. The van der Waals surface area contributed by atoms with Gasteiger partial charge in [0.2, 0.25) is 5.95 Å². The van der Waals surface area contributed by atoms with Crippen LogP contribution in [0.15, 0.2) is 54.7 Å². The van der Waals surface area contributed by atoms with Crippen molar-refractivity contribution < 1.29 is 5.11 Å². The first kappa shape index (κ1) is 18.4. The van der Waals surface area contributed by atoms with Crippen molar-refractivity contribution in [2.45, 2.75) is 19.2 Å². The number of hydrogen-bond donors (Lipinski definition) is 3. The zero-order valence-electron chi connectivity index (χ0n) is 16.2. The summed E-state index contributed by atoms with van der Waals surface area (Å²) in [6, 6.07) is 16.6. The molecule has 1 aliphatic rings. The van der Waals surface area contributed by atoms with Crippen molar-refractivity contribution in [3.05, 3.63) is 65.2 Å². The van der Waals surface area contributed by atoms with Crippen LogP contribution in [-0.2, 0) is 0 Å². The summed E-state index contributed by atoms with van der Waals surface area (Å²) in [6.45, 7) is 4.58. The molecule has 2 aromatic carbocycles. The molecule has 2 atom stereocenters. The molecule has 0 bridgehead atoms. The average Bonchev–Trinajstić information content (AvgIpc) is 3.44. The summed E-state index contributed by atoms with van der Waals surface area (Å²) in [6.07, 6.45) is 1.27. The predicted molar refractivity (Wildman–Crippen MR) is 118 cm³/mol. The van der Waals surface area contributed by atoms with Crippen LogP contribution < -0.4 is 10.6 Å². The normalized spacial score (nSPS) is 17.0. The van der Waals surface area contributed by atoms with Crippen molar-refractivity contribution in [2.24, 2.45) is 0 Å². The summed E-state index contributed by atoms with van der Waals surface area (Å²) in [5.41, 5.74) is 2.10. The van der Waals surface area contributed by atoms with Crippen LogP contribution >= 0.6 is 11.3 Å². The Morgan fingerprint density at radius 1 is 1.21 bits per heavy atom. The number of thiophene rings is 1. The molecule has 0 spiro atoms. The lowest BCUT2D eigenvalue weighted by Gasteiger charge is -2.19. The molecule has 3 heterocycles. The maximum atomic E-state index is 10.7. The van der Waals surface area contributed by atoms with E-state index in [1.165, 1.54) is 5.56 Å². The molecular formula is C22H23N5OS. The fourth-order valence-electron chi connectivity index (χ4n) is 3.76. The highest BCUT2D eigenvalue weighted by molar-refractivity contribution is 7.19. The van der Waals surface area contributed by atoms with Crippen LogP contribution in [-0.4, -0.2) is 39.7 Å². The van der Waals surface area contributed by atoms with Gasteiger partial charge in [0.05, 0.1) is 18.2 Å². The monoisotopic (exact) mass is 405 g/mol. The second-order valence-corrected chi connectivity index (χ2v) is 8.49. The largest absolute Gasteiger partial charge is 0.373 e. The Bertz CT molecular complexity index is 1140. The second-order valence-electron chi connectivity index (χ2n) is 7.38. The number of aliphatic hydroxyl groups is 1. The molecule has 1 fully saturated rings. The molecule has 148 valence electrons. The van der Waals surface area contributed by atoms with E-state index in [1.807, 2.05) is 35.4 Å². The smallest absolute Gasteiger partial charge is 0.223 e. The van der Waals surface area contributed by atoms with Gasteiger partial charge in [-0.2, -0.15) is 0 Å². The molecule has 1 saturated heterocycles. The highest BCUT2D eigenvalue weighted by Gasteiger charge is 2.23. The first-order valence-electron chi connectivity index (χ1n) is 9.82. The Morgan fingerprint density at radius 3 is 2.86 bits per heavy atom. The molecule has 1 aliphatic heterocycles. The van der Waals surface area contributed by atoms with Crippen LogP contribution in [0.25, 0.3) is 21.0 Å². The Hall–Kier alpha value is -2.58. The Labute approximate surface area is 173 Å². The lowest BCUT2D eigenvalue weighted by atomic mass is 10.1. The van der Waals surface area contributed by atoms with E-state index in [0.29, 0.717) is 12.6 Å². The molecule has 3 N–H and O–H groups in total. The highest BCUT2D eigenvalue weighted by Crippen LogP contribution is 2.35. The molecule has 5 rings (SSSR count). The van der Waals surface area contributed by atoms with Gasteiger partial charge < -0.3 is 15.7 Å². The highest BCUT2D eigenvalue weighted by atomic mass is 32.1. The van der Waals surface area contributed by atoms with Gasteiger partial charge in [-0.3, -0.25) is 4.90 Å². The van der Waals surface area contributed by atoms with Crippen molar-refractivity contribution >= 4 is 38.3 Å². The lowest BCUT2D eigenvalue weighted by Crippen LogP contribution is -2.26. The van der Waals surface area contributed by atoms with E-state index in [0.717, 1.165) is 39.0 Å². The number of nitrogens with one attached hydrogen (secondary N) is 2. The second kappa shape index (κ2) is 7.68. The van der Waals surface area contributed by atoms with E-state index < -0.39 is 6.23 Å². The molecule has 0 radical (unpaired) electrons. The maximum absolute atomic E-state index is 10.7. The number of hydrogen-bond acceptors (Lipinski definition) is 7. The summed E-state index contributed by atoms with van der Waals surface area (Å²) in [5, 5.41) is 19.5. The van der Waals surface area contributed by atoms with Crippen LogP contribution in [0.4, 0.5) is 5.95 Å². The molecule has 1 unspecified atom stereocenters. The van der Waals surface area contributed by atoms with Crippen LogP contribution in [0, 0.1) is 0 Å². The number of anilines is 1. The lowest BCUT2D eigenvalue weighted by molar-refractivity contribution is 0.0212. The quantitative estimate of drug-likeness (QED) is 0.468. The summed E-state index contributed by atoms with van der Waals surface area (Å²) >= 11 is 1.62. The van der Waals surface area contributed by atoms with Crippen LogP contribution in [0.1, 0.15) is 29.6 Å². The molecule has 2 aromatic heterocycles. The maximum Gasteiger partial charge on any atom is 0.223 e. The van der Waals surface area contributed by atoms with Gasteiger partial charge in [-0.1, -0.05) is 30.3 Å². The van der Waals surface area contributed by atoms with Crippen molar-refractivity contribution in [2.75, 3.05) is 25.1 Å². The summed E-state index contributed by atoms with van der Waals surface area (Å²) in [7, 11) is 0. The summed E-state index contributed by atoms with van der Waals surface area (Å²) in [4.78, 5) is 12.3. The summed E-state index contributed by atoms with van der Waals surface area (Å²) < 4.78 is 1.12. The van der Waals surface area contributed by atoms with Crippen LogP contribution in [0.5, 0.6) is 0 Å². The number of aliphatic hydroxyl groups excluding tert-OH is 1. The predicted octanol–water partition coefficient (Wildman–Crippen LogP) is 3.87. The number of benzene rings is 2. The van der Waals surface area contributed by atoms with E-state index >= 15 is 0 Å². The Balaban J connectivity index is 1.49. The third-order valence-corrected chi connectivity index (χ3v) is 6.54. The van der Waals surface area contributed by atoms with E-state index in [9.17, 15) is 5.11 Å². The van der Waals surface area contributed by atoms with E-state index in [-0.39, 0.29) is 6.04 Å². The third-order valence-electron chi connectivity index (χ3n) is 5.40. The number of fused-ring (bicyclic) bond motifs is 3. The van der Waals surface area contributed by atoms with Gasteiger partial charge in [0, 0.05) is 39.6 Å². The number of aromatic nitrogens is 2. The minimum atomic E-state index is -0.588. The molecule has 7 heteroatoms. The Morgan fingerprint density at radius 2 is 2.07 bits per heavy atom. The first-order chi connectivity index (χ1) is 14.2. The number of nitrogens with zero attached hydrogens (tertiary/aromatic N) is 3. The van der Waals surface area contributed by atoms with Gasteiger partial charge in [0.1, 0.15) is 6.23 Å². The van der Waals surface area contributed by atoms with Gasteiger partial charge in [-0.05, 0) is 30.7 Å². The minimum absolute atomic E-state index is 0.107.